The van der Waals surface area contributed by atoms with E-state index in [-0.39, 0.29) is 0 Å². The summed E-state index contributed by atoms with van der Waals surface area (Å²) in [7, 11) is 0. The van der Waals surface area contributed by atoms with Crippen molar-refractivity contribution >= 4 is 12.4 Å². The van der Waals surface area contributed by atoms with Crippen LogP contribution in [-0.2, 0) is 0 Å². The predicted molar refractivity (Wildman–Crippen MR) is 29.8 cm³/mol. The quantitative estimate of drug-likeness (QED) is 0.246. The molecule has 0 aliphatic rings. The average Bonchev–Trinajstić information content (AvgIpc) is 1.81. The molecule has 0 saturated heterocycles. The fourth-order valence-corrected chi connectivity index (χ4v) is 0.265. The van der Waals surface area contributed by atoms with Gasteiger partial charge >= 0.3 is 0 Å². The van der Waals surface area contributed by atoms with Gasteiger partial charge in [0.25, 0.3) is 0 Å². The molecule has 0 saturated carbocycles. The Bertz CT molecular complexity index is 78.0. The standard InChI is InChI=1S/C4H8N2O2/c7-5-3-1-2-4-6-8/h3-4,7-8H,1-2H2. The summed E-state index contributed by atoms with van der Waals surface area (Å²) in [6, 6.07) is 0. The van der Waals surface area contributed by atoms with Gasteiger partial charge < -0.3 is 10.4 Å². The van der Waals surface area contributed by atoms with E-state index in [2.05, 4.69) is 10.3 Å². The van der Waals surface area contributed by atoms with Crippen LogP contribution in [0.2, 0.25) is 0 Å². The van der Waals surface area contributed by atoms with Crippen LogP contribution >= 0.6 is 0 Å². The summed E-state index contributed by atoms with van der Waals surface area (Å²) in [6.07, 6.45) is 3.87. The monoisotopic (exact) mass is 116 g/mol. The van der Waals surface area contributed by atoms with Gasteiger partial charge in [-0.2, -0.15) is 0 Å². The fraction of sp³-hybridized carbons (Fsp3) is 0.500. The van der Waals surface area contributed by atoms with Gasteiger partial charge in [-0.25, -0.2) is 0 Å². The molecule has 0 bridgehead atoms. The molecule has 0 aromatic carbocycles. The lowest BCUT2D eigenvalue weighted by molar-refractivity contribution is 0.318. The molecule has 0 heterocycles. The van der Waals surface area contributed by atoms with Crippen molar-refractivity contribution in [2.75, 3.05) is 0 Å². The second-order valence-electron chi connectivity index (χ2n) is 1.17. The zero-order valence-electron chi connectivity index (χ0n) is 4.36. The molecule has 0 rings (SSSR count). The van der Waals surface area contributed by atoms with Crippen molar-refractivity contribution in [2.24, 2.45) is 10.3 Å². The molecule has 0 spiro atoms. The van der Waals surface area contributed by atoms with Crippen molar-refractivity contribution < 1.29 is 10.4 Å². The lowest BCUT2D eigenvalue weighted by Crippen LogP contribution is -1.77. The minimum Gasteiger partial charge on any atom is -0.411 e. The van der Waals surface area contributed by atoms with Crippen molar-refractivity contribution in [1.82, 2.24) is 0 Å². The molecule has 0 atom stereocenters. The minimum atomic E-state index is 0.598. The number of hydrogen-bond acceptors (Lipinski definition) is 4. The Morgan fingerprint density at radius 3 is 1.62 bits per heavy atom. The average molecular weight is 116 g/mol. The number of oxime groups is 2. The molecule has 0 aliphatic carbocycles. The van der Waals surface area contributed by atoms with Crippen molar-refractivity contribution in [3.8, 4) is 0 Å². The first-order valence-corrected chi connectivity index (χ1v) is 2.23. The Kier molecular flexibility index (Phi) is 5.15. The van der Waals surface area contributed by atoms with Crippen molar-refractivity contribution in [3.05, 3.63) is 0 Å². The van der Waals surface area contributed by atoms with E-state index in [0.29, 0.717) is 12.8 Å². The van der Waals surface area contributed by atoms with Crippen LogP contribution in [0.15, 0.2) is 10.3 Å². The van der Waals surface area contributed by atoms with Crippen LogP contribution in [0, 0.1) is 0 Å². The van der Waals surface area contributed by atoms with E-state index in [1.54, 1.807) is 0 Å². The number of unbranched alkanes of at least 4 members (excludes halogenated alkanes) is 1. The molecule has 46 valence electrons. The molecule has 0 fully saturated rings. The van der Waals surface area contributed by atoms with E-state index >= 15 is 0 Å². The van der Waals surface area contributed by atoms with Crippen LogP contribution < -0.4 is 0 Å². The van der Waals surface area contributed by atoms with Crippen LogP contribution in [0.25, 0.3) is 0 Å². The third kappa shape index (κ3) is 4.94. The Labute approximate surface area is 47.1 Å². The van der Waals surface area contributed by atoms with Crippen molar-refractivity contribution in [2.45, 2.75) is 12.8 Å². The molecule has 4 heteroatoms. The Morgan fingerprint density at radius 2 is 1.38 bits per heavy atom. The summed E-state index contributed by atoms with van der Waals surface area (Å²) in [5.41, 5.74) is 0. The highest BCUT2D eigenvalue weighted by molar-refractivity contribution is 5.64. The largest absolute Gasteiger partial charge is 0.411 e. The maximum Gasteiger partial charge on any atom is 0.0439 e. The molecular formula is C4H8N2O2. The van der Waals surface area contributed by atoms with E-state index in [4.69, 9.17) is 10.4 Å². The van der Waals surface area contributed by atoms with Crippen LogP contribution in [-0.4, -0.2) is 22.8 Å². The highest BCUT2D eigenvalue weighted by Crippen LogP contribution is 1.77. The van der Waals surface area contributed by atoms with Crippen LogP contribution in [0.1, 0.15) is 12.8 Å². The van der Waals surface area contributed by atoms with Crippen molar-refractivity contribution in [1.29, 1.82) is 0 Å². The Hall–Kier alpha value is -1.06. The molecule has 8 heavy (non-hydrogen) atoms. The number of nitrogens with zero attached hydrogens (tertiary/aromatic N) is 2. The maximum atomic E-state index is 7.83. The van der Waals surface area contributed by atoms with Crippen LogP contribution in [0.4, 0.5) is 0 Å². The number of hydrogen-bond donors (Lipinski definition) is 2. The van der Waals surface area contributed by atoms with E-state index in [1.807, 2.05) is 0 Å². The lowest BCUT2D eigenvalue weighted by Gasteiger charge is -1.78. The van der Waals surface area contributed by atoms with Gasteiger partial charge in [-0.05, 0) is 12.8 Å². The molecular weight excluding hydrogens is 108 g/mol. The normalized spacial score (nSPS) is 11.5. The third-order valence-electron chi connectivity index (χ3n) is 0.588. The first-order chi connectivity index (χ1) is 3.91. The van der Waals surface area contributed by atoms with Crippen LogP contribution in [0.3, 0.4) is 0 Å². The molecule has 0 unspecified atom stereocenters. The highest BCUT2D eigenvalue weighted by Gasteiger charge is 1.74. The van der Waals surface area contributed by atoms with Gasteiger partial charge in [0.2, 0.25) is 0 Å². The van der Waals surface area contributed by atoms with E-state index < -0.39 is 0 Å². The van der Waals surface area contributed by atoms with Gasteiger partial charge in [-0.1, -0.05) is 0 Å². The minimum absolute atomic E-state index is 0.598. The summed E-state index contributed by atoms with van der Waals surface area (Å²) in [5.74, 6) is 0. The van der Waals surface area contributed by atoms with Gasteiger partial charge in [0.05, 0.1) is 0 Å². The predicted octanol–water partition coefficient (Wildman–Crippen LogP) is 0.687. The van der Waals surface area contributed by atoms with Crippen LogP contribution in [0.5, 0.6) is 0 Å². The van der Waals surface area contributed by atoms with E-state index in [1.165, 1.54) is 12.4 Å². The summed E-state index contributed by atoms with van der Waals surface area (Å²) < 4.78 is 0. The smallest absolute Gasteiger partial charge is 0.0439 e. The molecule has 2 N–H and O–H groups in total. The summed E-state index contributed by atoms with van der Waals surface area (Å²) in [5, 5.41) is 21.1. The van der Waals surface area contributed by atoms with E-state index in [9.17, 15) is 0 Å². The van der Waals surface area contributed by atoms with Gasteiger partial charge in [0, 0.05) is 12.4 Å². The first-order valence-electron chi connectivity index (χ1n) is 2.23. The molecule has 0 aliphatic heterocycles. The summed E-state index contributed by atoms with van der Waals surface area (Å²) >= 11 is 0. The van der Waals surface area contributed by atoms with Gasteiger partial charge in [-0.3, -0.25) is 0 Å². The number of rotatable bonds is 3. The molecule has 0 radical (unpaired) electrons. The SMILES string of the molecule is ON=CCCC=NO. The summed E-state index contributed by atoms with van der Waals surface area (Å²) in [6.45, 7) is 0. The zero-order valence-corrected chi connectivity index (χ0v) is 4.36. The van der Waals surface area contributed by atoms with Crippen molar-refractivity contribution in [3.63, 3.8) is 0 Å². The fourth-order valence-electron chi connectivity index (χ4n) is 0.265. The van der Waals surface area contributed by atoms with E-state index in [0.717, 1.165) is 0 Å². The third-order valence-corrected chi connectivity index (χ3v) is 0.588. The molecule has 0 aromatic heterocycles. The second-order valence-corrected chi connectivity index (χ2v) is 1.17. The topological polar surface area (TPSA) is 65.2 Å². The first kappa shape index (κ1) is 6.94. The zero-order chi connectivity index (χ0) is 6.24. The Morgan fingerprint density at radius 1 is 1.00 bits per heavy atom. The molecule has 0 amide bonds. The van der Waals surface area contributed by atoms with Gasteiger partial charge in [0.15, 0.2) is 0 Å². The van der Waals surface area contributed by atoms with Gasteiger partial charge in [-0.15, -0.1) is 10.3 Å². The summed E-state index contributed by atoms with van der Waals surface area (Å²) in [4.78, 5) is 0. The molecule has 4 nitrogen and oxygen atoms in total. The molecule has 0 aromatic rings. The lowest BCUT2D eigenvalue weighted by atomic mass is 10.4. The maximum absolute atomic E-state index is 7.83. The van der Waals surface area contributed by atoms with Gasteiger partial charge in [0.1, 0.15) is 0 Å². The Balaban J connectivity index is 2.93. The highest BCUT2D eigenvalue weighted by atomic mass is 16.4. The second kappa shape index (κ2) is 5.94.